The van der Waals surface area contributed by atoms with Crippen LogP contribution < -0.4 is 4.74 Å². The fourth-order valence-electron chi connectivity index (χ4n) is 3.27. The maximum absolute atomic E-state index is 10.6. The van der Waals surface area contributed by atoms with Crippen LogP contribution in [-0.2, 0) is 5.60 Å². The van der Waals surface area contributed by atoms with Crippen molar-refractivity contribution in [1.29, 1.82) is 0 Å². The third-order valence-corrected chi connectivity index (χ3v) is 4.77. The highest BCUT2D eigenvalue weighted by Gasteiger charge is 2.66. The predicted octanol–water partition coefficient (Wildman–Crippen LogP) is 3.08. The fraction of sp³-hybridized carbons (Fsp3) is 0.538. The Morgan fingerprint density at radius 1 is 1.38 bits per heavy atom. The van der Waals surface area contributed by atoms with Crippen molar-refractivity contribution in [2.75, 3.05) is 7.11 Å². The highest BCUT2D eigenvalue weighted by Crippen LogP contribution is 2.66. The zero-order valence-electron chi connectivity index (χ0n) is 9.24. The molecule has 1 N–H and O–H groups in total. The maximum atomic E-state index is 10.6. The third-order valence-electron chi connectivity index (χ3n) is 4.15. The summed E-state index contributed by atoms with van der Waals surface area (Å²) >= 11 is 3.47. The minimum Gasteiger partial charge on any atom is -0.496 e. The molecule has 0 amide bonds. The summed E-state index contributed by atoms with van der Waals surface area (Å²) in [5.41, 5.74) is 0.488. The van der Waals surface area contributed by atoms with Crippen LogP contribution in [0, 0.1) is 11.8 Å². The molecular formula is C13H15BrO2. The summed E-state index contributed by atoms with van der Waals surface area (Å²) in [4.78, 5) is 0. The molecule has 2 nitrogen and oxygen atoms in total. The van der Waals surface area contributed by atoms with Gasteiger partial charge in [-0.05, 0) is 58.3 Å². The van der Waals surface area contributed by atoms with Crippen LogP contribution in [0.2, 0.25) is 0 Å². The number of hydrogen-bond donors (Lipinski definition) is 1. The Kier molecular flexibility index (Phi) is 2.30. The van der Waals surface area contributed by atoms with E-state index in [0.29, 0.717) is 11.8 Å². The van der Waals surface area contributed by atoms with Crippen LogP contribution in [0.15, 0.2) is 22.7 Å². The Hall–Kier alpha value is -0.540. The van der Waals surface area contributed by atoms with E-state index >= 15 is 0 Å². The van der Waals surface area contributed by atoms with Crippen molar-refractivity contribution < 1.29 is 9.84 Å². The zero-order chi connectivity index (χ0) is 11.3. The van der Waals surface area contributed by atoms with E-state index in [1.165, 1.54) is 19.3 Å². The lowest BCUT2D eigenvalue weighted by molar-refractivity contribution is 0.105. The van der Waals surface area contributed by atoms with Gasteiger partial charge in [-0.1, -0.05) is 12.5 Å². The topological polar surface area (TPSA) is 29.5 Å². The first-order chi connectivity index (χ1) is 7.67. The Balaban J connectivity index is 1.94. The van der Waals surface area contributed by atoms with E-state index in [9.17, 15) is 5.11 Å². The molecule has 1 aromatic rings. The second kappa shape index (κ2) is 3.47. The Morgan fingerprint density at radius 2 is 2.06 bits per heavy atom. The molecule has 16 heavy (non-hydrogen) atoms. The molecule has 2 fully saturated rings. The molecule has 2 aliphatic carbocycles. The van der Waals surface area contributed by atoms with Crippen LogP contribution in [0.25, 0.3) is 0 Å². The van der Waals surface area contributed by atoms with Crippen molar-refractivity contribution in [2.24, 2.45) is 11.8 Å². The number of rotatable bonds is 2. The molecule has 2 saturated carbocycles. The van der Waals surface area contributed by atoms with Crippen LogP contribution in [0.5, 0.6) is 5.75 Å². The van der Waals surface area contributed by atoms with Gasteiger partial charge in [0.05, 0.1) is 17.2 Å². The summed E-state index contributed by atoms with van der Waals surface area (Å²) < 4.78 is 6.12. The molecular weight excluding hydrogens is 268 g/mol. The molecule has 0 saturated heterocycles. The minimum atomic E-state index is -0.549. The van der Waals surface area contributed by atoms with Gasteiger partial charge in [-0.3, -0.25) is 0 Å². The Labute approximate surface area is 104 Å². The molecule has 0 aromatic heterocycles. The molecule has 3 rings (SSSR count). The van der Waals surface area contributed by atoms with Crippen LogP contribution >= 0.6 is 15.9 Å². The van der Waals surface area contributed by atoms with Crippen molar-refractivity contribution in [3.05, 3.63) is 28.2 Å². The lowest BCUT2D eigenvalue weighted by Gasteiger charge is -2.16. The number of fused-ring (bicyclic) bond motifs is 1. The number of hydrogen-bond acceptors (Lipinski definition) is 2. The number of halogens is 1. The Morgan fingerprint density at radius 3 is 2.62 bits per heavy atom. The summed E-state index contributed by atoms with van der Waals surface area (Å²) in [6.07, 6.45) is 3.62. The van der Waals surface area contributed by atoms with Gasteiger partial charge in [-0.15, -0.1) is 0 Å². The third kappa shape index (κ3) is 1.28. The van der Waals surface area contributed by atoms with Crippen molar-refractivity contribution in [1.82, 2.24) is 0 Å². The first-order valence-electron chi connectivity index (χ1n) is 5.74. The van der Waals surface area contributed by atoms with E-state index in [1.54, 1.807) is 7.11 Å². The summed E-state index contributed by atoms with van der Waals surface area (Å²) in [5.74, 6) is 1.80. The van der Waals surface area contributed by atoms with Gasteiger partial charge in [-0.25, -0.2) is 0 Å². The number of ether oxygens (including phenoxy) is 1. The normalized spacial score (nSPS) is 35.9. The van der Waals surface area contributed by atoms with Crippen molar-refractivity contribution in [3.8, 4) is 5.75 Å². The summed E-state index contributed by atoms with van der Waals surface area (Å²) in [6.45, 7) is 0. The van der Waals surface area contributed by atoms with E-state index in [2.05, 4.69) is 15.9 Å². The highest BCUT2D eigenvalue weighted by atomic mass is 79.9. The Bertz CT molecular complexity index is 420. The molecule has 3 heteroatoms. The van der Waals surface area contributed by atoms with Crippen LogP contribution in [0.1, 0.15) is 24.8 Å². The van der Waals surface area contributed by atoms with Gasteiger partial charge in [-0.2, -0.15) is 0 Å². The first kappa shape index (κ1) is 10.6. The molecule has 0 aliphatic heterocycles. The van der Waals surface area contributed by atoms with Gasteiger partial charge in [0, 0.05) is 0 Å². The minimum absolute atomic E-state index is 0.493. The molecule has 0 bridgehead atoms. The summed E-state index contributed by atoms with van der Waals surface area (Å²) in [6, 6.07) is 5.91. The molecule has 1 aromatic carbocycles. The van der Waals surface area contributed by atoms with Gasteiger partial charge >= 0.3 is 0 Å². The maximum Gasteiger partial charge on any atom is 0.133 e. The van der Waals surface area contributed by atoms with Gasteiger partial charge in [0.1, 0.15) is 5.75 Å². The molecule has 2 unspecified atom stereocenters. The molecule has 2 atom stereocenters. The SMILES string of the molecule is COc1ccc(C2(O)C3CCCC32)cc1Br. The van der Waals surface area contributed by atoms with Crippen LogP contribution in [0.4, 0.5) is 0 Å². The lowest BCUT2D eigenvalue weighted by Crippen LogP contribution is -2.13. The molecule has 0 spiro atoms. The second-order valence-electron chi connectivity index (χ2n) is 4.82. The monoisotopic (exact) mass is 282 g/mol. The van der Waals surface area contributed by atoms with Crippen LogP contribution in [0.3, 0.4) is 0 Å². The largest absolute Gasteiger partial charge is 0.496 e. The van der Waals surface area contributed by atoms with Gasteiger partial charge < -0.3 is 9.84 Å². The number of aliphatic hydroxyl groups is 1. The molecule has 0 radical (unpaired) electrons. The summed E-state index contributed by atoms with van der Waals surface area (Å²) in [5, 5.41) is 10.6. The predicted molar refractivity (Wildman–Crippen MR) is 65.4 cm³/mol. The lowest BCUT2D eigenvalue weighted by atomic mass is 9.99. The summed E-state index contributed by atoms with van der Waals surface area (Å²) in [7, 11) is 1.65. The molecule has 86 valence electrons. The molecule has 0 heterocycles. The van der Waals surface area contributed by atoms with Crippen molar-refractivity contribution in [2.45, 2.75) is 24.9 Å². The quantitative estimate of drug-likeness (QED) is 0.903. The van der Waals surface area contributed by atoms with Gasteiger partial charge in [0.2, 0.25) is 0 Å². The average molecular weight is 283 g/mol. The van der Waals surface area contributed by atoms with E-state index in [1.807, 2.05) is 18.2 Å². The zero-order valence-corrected chi connectivity index (χ0v) is 10.8. The molecule has 2 aliphatic rings. The van der Waals surface area contributed by atoms with E-state index in [0.717, 1.165) is 15.8 Å². The number of methoxy groups -OCH3 is 1. The van der Waals surface area contributed by atoms with Gasteiger partial charge in [0.15, 0.2) is 0 Å². The average Bonchev–Trinajstić information content (AvgIpc) is 2.69. The fourth-order valence-corrected chi connectivity index (χ4v) is 3.81. The van der Waals surface area contributed by atoms with Crippen molar-refractivity contribution in [3.63, 3.8) is 0 Å². The highest BCUT2D eigenvalue weighted by molar-refractivity contribution is 9.10. The second-order valence-corrected chi connectivity index (χ2v) is 5.67. The number of benzene rings is 1. The van der Waals surface area contributed by atoms with Crippen molar-refractivity contribution >= 4 is 15.9 Å². The first-order valence-corrected chi connectivity index (χ1v) is 6.53. The van der Waals surface area contributed by atoms with E-state index in [4.69, 9.17) is 4.74 Å². The van der Waals surface area contributed by atoms with E-state index < -0.39 is 5.60 Å². The smallest absolute Gasteiger partial charge is 0.133 e. The standard InChI is InChI=1S/C13H15BrO2/c1-16-12-6-5-8(7-11(12)14)13(15)9-3-2-4-10(9)13/h5-7,9-10,15H,2-4H2,1H3. The van der Waals surface area contributed by atoms with Crippen LogP contribution in [-0.4, -0.2) is 12.2 Å². The van der Waals surface area contributed by atoms with Gasteiger partial charge in [0.25, 0.3) is 0 Å². The van der Waals surface area contributed by atoms with E-state index in [-0.39, 0.29) is 0 Å².